The van der Waals surface area contributed by atoms with Crippen LogP contribution in [0.5, 0.6) is 0 Å². The first-order valence-corrected chi connectivity index (χ1v) is 13.0. The average Bonchev–Trinajstić information content (AvgIpc) is 2.92. The van der Waals surface area contributed by atoms with Crippen molar-refractivity contribution in [3.8, 4) is 0 Å². The normalized spacial score (nSPS) is 12.0. The molecule has 0 saturated heterocycles. The molecule has 4 rings (SSSR count). The first kappa shape index (κ1) is 24.2. The van der Waals surface area contributed by atoms with E-state index < -0.39 is 10.0 Å². The lowest BCUT2D eigenvalue weighted by atomic mass is 10.0. The lowest BCUT2D eigenvalue weighted by Gasteiger charge is -2.25. The maximum absolute atomic E-state index is 13.5. The van der Waals surface area contributed by atoms with E-state index in [-0.39, 0.29) is 23.4 Å². The van der Waals surface area contributed by atoms with Crippen molar-refractivity contribution in [1.82, 2.24) is 5.32 Å². The summed E-state index contributed by atoms with van der Waals surface area (Å²) in [5, 5.41) is 3.09. The predicted octanol–water partition coefficient (Wildman–Crippen LogP) is 5.96. The minimum Gasteiger partial charge on any atom is -0.345 e. The van der Waals surface area contributed by atoms with Crippen molar-refractivity contribution < 1.29 is 13.2 Å². The number of hydrogen-bond acceptors (Lipinski definition) is 3. The fourth-order valence-electron chi connectivity index (χ4n) is 3.90. The van der Waals surface area contributed by atoms with Gasteiger partial charge in [0.1, 0.15) is 0 Å². The van der Waals surface area contributed by atoms with E-state index in [2.05, 4.69) is 5.32 Å². The molecule has 35 heavy (non-hydrogen) atoms. The van der Waals surface area contributed by atoms with Crippen LogP contribution in [0.2, 0.25) is 0 Å². The molecule has 0 heterocycles. The van der Waals surface area contributed by atoms with Gasteiger partial charge in [-0.25, -0.2) is 8.42 Å². The molecule has 1 amide bonds. The molecule has 4 aromatic rings. The van der Waals surface area contributed by atoms with Crippen LogP contribution >= 0.6 is 0 Å². The third kappa shape index (κ3) is 5.78. The van der Waals surface area contributed by atoms with E-state index in [1.165, 1.54) is 4.31 Å². The highest BCUT2D eigenvalue weighted by Gasteiger charge is 2.25. The molecule has 0 aliphatic rings. The van der Waals surface area contributed by atoms with Gasteiger partial charge < -0.3 is 5.32 Å². The first-order valence-electron chi connectivity index (χ1n) is 11.6. The van der Waals surface area contributed by atoms with Crippen molar-refractivity contribution in [2.45, 2.75) is 30.8 Å². The molecule has 0 aliphatic carbocycles. The van der Waals surface area contributed by atoms with Crippen molar-refractivity contribution in [2.24, 2.45) is 0 Å². The molecule has 0 bridgehead atoms. The van der Waals surface area contributed by atoms with Gasteiger partial charge in [-0.1, -0.05) is 85.8 Å². The zero-order chi connectivity index (χ0) is 24.7. The van der Waals surface area contributed by atoms with Gasteiger partial charge in [0.2, 0.25) is 0 Å². The van der Waals surface area contributed by atoms with Gasteiger partial charge in [-0.2, -0.15) is 0 Å². The van der Waals surface area contributed by atoms with Crippen molar-refractivity contribution in [3.63, 3.8) is 0 Å². The Labute approximate surface area is 207 Å². The van der Waals surface area contributed by atoms with Gasteiger partial charge in [0.15, 0.2) is 0 Å². The van der Waals surface area contributed by atoms with Crippen LogP contribution in [0, 0.1) is 0 Å². The van der Waals surface area contributed by atoms with Crippen LogP contribution in [0.4, 0.5) is 5.69 Å². The molecular formula is C29H28N2O3S. The van der Waals surface area contributed by atoms with Crippen LogP contribution in [0.25, 0.3) is 0 Å². The second kappa shape index (κ2) is 11.0. The number of carbonyl (C=O) groups is 1. The van der Waals surface area contributed by atoms with Crippen molar-refractivity contribution in [2.75, 3.05) is 4.31 Å². The number of anilines is 1. The number of amides is 1. The minimum absolute atomic E-state index is 0.0760. The summed E-state index contributed by atoms with van der Waals surface area (Å²) in [5.41, 5.74) is 2.94. The molecule has 0 radical (unpaired) electrons. The molecule has 0 fully saturated rings. The van der Waals surface area contributed by atoms with Crippen LogP contribution in [-0.2, 0) is 16.6 Å². The number of rotatable bonds is 9. The molecule has 4 aromatic carbocycles. The molecule has 1 N–H and O–H groups in total. The van der Waals surface area contributed by atoms with Gasteiger partial charge in [-0.3, -0.25) is 9.10 Å². The molecule has 5 nitrogen and oxygen atoms in total. The van der Waals surface area contributed by atoms with Gasteiger partial charge in [0.25, 0.3) is 15.9 Å². The Bertz CT molecular complexity index is 1340. The minimum atomic E-state index is -3.77. The average molecular weight is 485 g/mol. The lowest BCUT2D eigenvalue weighted by Crippen LogP contribution is -2.30. The van der Waals surface area contributed by atoms with E-state index in [0.717, 1.165) is 17.5 Å². The molecular weight excluding hydrogens is 456 g/mol. The number of hydrogen-bond donors (Lipinski definition) is 1. The van der Waals surface area contributed by atoms with Crippen molar-refractivity contribution in [1.29, 1.82) is 0 Å². The highest BCUT2D eigenvalue weighted by molar-refractivity contribution is 7.92. The number of sulfonamides is 1. The van der Waals surface area contributed by atoms with Gasteiger partial charge >= 0.3 is 0 Å². The van der Waals surface area contributed by atoms with Crippen LogP contribution in [-0.4, -0.2) is 14.3 Å². The number of benzene rings is 4. The third-order valence-electron chi connectivity index (χ3n) is 5.83. The number of carbonyl (C=O) groups excluding carboxylic acids is 1. The molecule has 0 aliphatic heterocycles. The summed E-state index contributed by atoms with van der Waals surface area (Å²) >= 11 is 0. The van der Waals surface area contributed by atoms with E-state index in [1.54, 1.807) is 66.7 Å². The quantitative estimate of drug-likeness (QED) is 0.319. The molecule has 0 spiro atoms. The summed E-state index contributed by atoms with van der Waals surface area (Å²) < 4.78 is 28.3. The Balaban J connectivity index is 1.55. The predicted molar refractivity (Wildman–Crippen MR) is 140 cm³/mol. The fourth-order valence-corrected chi connectivity index (χ4v) is 5.38. The standard InChI is InChI=1S/C29H28N2O3S/c1-2-28(24-12-6-3-7-13-24)30-29(32)25-20-18-23(19-21-25)22-31(26-14-8-4-9-15-26)35(33,34)27-16-10-5-11-17-27/h3-21,28H,2,22H2,1H3,(H,30,32). The SMILES string of the molecule is CCC(NC(=O)c1ccc(CN(c2ccccc2)S(=O)(=O)c2ccccc2)cc1)c1ccccc1. The van der Waals surface area contributed by atoms with Gasteiger partial charge in [-0.15, -0.1) is 0 Å². The van der Waals surface area contributed by atoms with E-state index >= 15 is 0 Å². The summed E-state index contributed by atoms with van der Waals surface area (Å²) in [5.74, 6) is -0.163. The highest BCUT2D eigenvalue weighted by atomic mass is 32.2. The molecule has 178 valence electrons. The molecule has 0 saturated carbocycles. The second-order valence-electron chi connectivity index (χ2n) is 8.20. The van der Waals surface area contributed by atoms with Gasteiger partial charge in [0.05, 0.1) is 23.2 Å². The molecule has 6 heteroatoms. The Morgan fingerprint density at radius 2 is 1.31 bits per heavy atom. The van der Waals surface area contributed by atoms with Crippen LogP contribution < -0.4 is 9.62 Å². The Kier molecular flexibility index (Phi) is 7.63. The lowest BCUT2D eigenvalue weighted by molar-refractivity contribution is 0.0935. The number of nitrogens with one attached hydrogen (secondary N) is 1. The number of nitrogens with zero attached hydrogens (tertiary/aromatic N) is 1. The third-order valence-corrected chi connectivity index (χ3v) is 7.62. The number of para-hydroxylation sites is 1. The largest absolute Gasteiger partial charge is 0.345 e. The summed E-state index contributed by atoms with van der Waals surface area (Å²) in [6, 6.07) is 34.3. The van der Waals surface area contributed by atoms with Gasteiger partial charge in [-0.05, 0) is 53.9 Å². The van der Waals surface area contributed by atoms with E-state index in [4.69, 9.17) is 0 Å². The maximum atomic E-state index is 13.5. The highest BCUT2D eigenvalue weighted by Crippen LogP contribution is 2.26. The molecule has 1 atom stereocenters. The van der Waals surface area contributed by atoms with Crippen molar-refractivity contribution in [3.05, 3.63) is 132 Å². The second-order valence-corrected chi connectivity index (χ2v) is 10.1. The zero-order valence-corrected chi connectivity index (χ0v) is 20.4. The summed E-state index contributed by atoms with van der Waals surface area (Å²) in [6.45, 7) is 2.18. The first-order chi connectivity index (χ1) is 17.0. The topological polar surface area (TPSA) is 66.5 Å². The van der Waals surface area contributed by atoms with Crippen LogP contribution in [0.1, 0.15) is 40.9 Å². The molecule has 1 unspecified atom stereocenters. The summed E-state index contributed by atoms with van der Waals surface area (Å²) in [6.07, 6.45) is 0.775. The fraction of sp³-hybridized carbons (Fsp3) is 0.138. The van der Waals surface area contributed by atoms with Crippen LogP contribution in [0.3, 0.4) is 0 Å². The Morgan fingerprint density at radius 1 is 0.771 bits per heavy atom. The summed E-state index contributed by atoms with van der Waals surface area (Å²) in [4.78, 5) is 13.1. The smallest absolute Gasteiger partial charge is 0.264 e. The zero-order valence-electron chi connectivity index (χ0n) is 19.5. The summed E-state index contributed by atoms with van der Waals surface area (Å²) in [7, 11) is -3.77. The van der Waals surface area contributed by atoms with E-state index in [1.807, 2.05) is 55.5 Å². The monoisotopic (exact) mass is 484 g/mol. The molecule has 0 aromatic heterocycles. The van der Waals surface area contributed by atoms with Crippen LogP contribution in [0.15, 0.2) is 120 Å². The van der Waals surface area contributed by atoms with E-state index in [9.17, 15) is 13.2 Å². The van der Waals surface area contributed by atoms with Crippen molar-refractivity contribution >= 4 is 21.6 Å². The van der Waals surface area contributed by atoms with E-state index in [0.29, 0.717) is 11.3 Å². The Hall–Kier alpha value is -3.90. The van der Waals surface area contributed by atoms with Gasteiger partial charge in [0, 0.05) is 5.56 Å². The Morgan fingerprint density at radius 3 is 1.89 bits per heavy atom. The maximum Gasteiger partial charge on any atom is 0.264 e.